The number of rotatable bonds is 40. The molecule has 5 aromatic rings. The molecule has 0 bridgehead atoms. The summed E-state index contributed by atoms with van der Waals surface area (Å²) >= 11 is 4.25. The van der Waals surface area contributed by atoms with Crippen LogP contribution in [0.25, 0.3) is 21.8 Å². The van der Waals surface area contributed by atoms with E-state index in [1.165, 1.54) is 13.8 Å². The molecule has 2 aromatic heterocycles. The van der Waals surface area contributed by atoms with Crippen molar-refractivity contribution in [1.29, 1.82) is 0 Å². The highest BCUT2D eigenvalue weighted by Crippen LogP contribution is 2.22. The minimum absolute atomic E-state index is 0.0402. The van der Waals surface area contributed by atoms with Crippen LogP contribution in [-0.2, 0) is 81.6 Å². The second kappa shape index (κ2) is 37.7. The van der Waals surface area contributed by atoms with Gasteiger partial charge in [0.25, 0.3) is 0 Å². The lowest BCUT2D eigenvalue weighted by atomic mass is 9.97. The first kappa shape index (κ1) is 75.8. The van der Waals surface area contributed by atoms with Crippen molar-refractivity contribution in [1.82, 2.24) is 63.1 Å². The summed E-state index contributed by atoms with van der Waals surface area (Å²) in [6.07, 6.45) is 2.27. The molecular weight excluding hydrogens is 1250 g/mol. The van der Waals surface area contributed by atoms with Crippen LogP contribution in [0.1, 0.15) is 95.8 Å². The molecule has 3 aromatic carbocycles. The van der Waals surface area contributed by atoms with Crippen molar-refractivity contribution >= 4 is 111 Å². The highest BCUT2D eigenvalue weighted by Gasteiger charge is 2.36. The van der Waals surface area contributed by atoms with Gasteiger partial charge in [-0.05, 0) is 93.7 Å². The zero-order valence-electron chi connectivity index (χ0n) is 53.4. The number of H-pyrrole nitrogens is 2. The van der Waals surface area contributed by atoms with E-state index in [1.54, 1.807) is 80.8 Å². The van der Waals surface area contributed by atoms with E-state index in [9.17, 15) is 67.4 Å². The van der Waals surface area contributed by atoms with E-state index in [-0.39, 0.29) is 44.4 Å². The second-order valence-electron chi connectivity index (χ2n) is 23.2. The summed E-state index contributed by atoms with van der Waals surface area (Å²) in [6.45, 7) is 5.56. The normalized spacial score (nSPS) is 14.6. The number of carboxylic acids is 1. The quantitative estimate of drug-likeness (QED) is 0.0153. The number of carboxylic acid groups (broad SMARTS) is 1. The maximum Gasteiger partial charge on any atom is 0.303 e. The number of unbranched alkanes of at least 4 members (excludes halogenated alkanes) is 1. The predicted octanol–water partition coefficient (Wildman–Crippen LogP) is -1.76. The Morgan fingerprint density at radius 3 is 1.48 bits per heavy atom. The summed E-state index contributed by atoms with van der Waals surface area (Å²) in [4.78, 5) is 181. The second-order valence-corrected chi connectivity index (χ2v) is 23.6. The fourth-order valence-electron chi connectivity index (χ4n) is 10.1. The smallest absolute Gasteiger partial charge is 0.303 e. The van der Waals surface area contributed by atoms with Crippen LogP contribution in [0.5, 0.6) is 0 Å². The van der Waals surface area contributed by atoms with Gasteiger partial charge in [0.05, 0.1) is 12.6 Å². The molecule has 0 fully saturated rings. The van der Waals surface area contributed by atoms with Gasteiger partial charge < -0.3 is 91.2 Å². The van der Waals surface area contributed by atoms with Crippen molar-refractivity contribution in [3.8, 4) is 0 Å². The number of fused-ring (bicyclic) bond motifs is 2. The third kappa shape index (κ3) is 23.9. The van der Waals surface area contributed by atoms with E-state index in [1.807, 2.05) is 24.3 Å². The fraction of sp³-hybridized carbons (Fsp3) is 0.453. The van der Waals surface area contributed by atoms with Gasteiger partial charge in [-0.25, -0.2) is 0 Å². The van der Waals surface area contributed by atoms with Gasteiger partial charge in [0.2, 0.25) is 70.9 Å². The molecule has 0 radical (unpaired) electrons. The van der Waals surface area contributed by atoms with Gasteiger partial charge in [-0.2, -0.15) is 12.6 Å². The number of aromatic nitrogens is 2. The zero-order valence-corrected chi connectivity index (χ0v) is 54.3. The molecule has 0 aliphatic rings. The summed E-state index contributed by atoms with van der Waals surface area (Å²) in [5.41, 5.74) is 26.1. The maximum absolute atomic E-state index is 14.7. The molecule has 0 aliphatic heterocycles. The minimum Gasteiger partial charge on any atom is -0.481 e. The molecule has 0 saturated carbocycles. The van der Waals surface area contributed by atoms with Crippen LogP contribution in [-0.4, -0.2) is 171 Å². The first-order valence-corrected chi connectivity index (χ1v) is 31.9. The number of benzene rings is 3. The Morgan fingerprint density at radius 1 is 0.505 bits per heavy atom. The van der Waals surface area contributed by atoms with Gasteiger partial charge in [0.1, 0.15) is 54.4 Å². The van der Waals surface area contributed by atoms with Gasteiger partial charge in [-0.15, -0.1) is 0 Å². The molecular formula is C64H88N16O14S. The van der Waals surface area contributed by atoms with Gasteiger partial charge >= 0.3 is 5.97 Å². The minimum atomic E-state index is -1.57. The van der Waals surface area contributed by atoms with Crippen molar-refractivity contribution in [2.24, 2.45) is 28.9 Å². The molecule has 5 rings (SSSR count). The van der Waals surface area contributed by atoms with Crippen LogP contribution in [0.3, 0.4) is 0 Å². The van der Waals surface area contributed by atoms with Crippen LogP contribution in [0.4, 0.5) is 0 Å². The lowest BCUT2D eigenvalue weighted by Gasteiger charge is -2.28. The first-order chi connectivity index (χ1) is 45.2. The molecule has 11 atom stereocenters. The van der Waals surface area contributed by atoms with E-state index in [0.29, 0.717) is 29.5 Å². The average Bonchev–Trinajstić information content (AvgIpc) is 1.73. The Labute approximate surface area is 554 Å². The standard InChI is InChI=1S/C64H88N16O14S/c1-5-34(2)54(80-60(90)45(21-13-14-26-65)75-58(88)46(22-24-51(67)81)76-59(89)47(23-25-53(83)84)74-57(87)42(66)27-37-15-7-6-8-16-37)64(94)71-32-52(82)72-36(4)56(86)77-48(28-38-30-69-43-19-11-9-17-40(38)43)61(91)78-49(29-39-31-70-44-20-12-10-18-41(39)44)62(92)79-50(33-95)63(93)73-35(3)55(68)85/h6-12,15-20,30-31,34-36,42,45-50,54,69-70,95H,5,13-14,21-29,32-33,65-66H2,1-4H3,(H2,67,81)(H2,68,85)(H,71,94)(H,72,82)(H,73,93)(H,74,87)(H,75,88)(H,76,89)(H,77,86)(H,78,91)(H,79,92)(H,80,90)(H,83,84)/t34?,35-,36-,42-,45-,46-,47-,48-,49-,50-,54-/m0/s1. The summed E-state index contributed by atoms with van der Waals surface area (Å²) in [7, 11) is 0. The zero-order chi connectivity index (χ0) is 69.9. The van der Waals surface area contributed by atoms with Crippen molar-refractivity contribution in [2.75, 3.05) is 18.8 Å². The summed E-state index contributed by atoms with van der Waals surface area (Å²) in [5, 5.41) is 36.6. The Bertz CT molecular complexity index is 3510. The summed E-state index contributed by atoms with van der Waals surface area (Å²) in [5.74, 6) is -12.4. The van der Waals surface area contributed by atoms with Crippen LogP contribution >= 0.6 is 12.6 Å². The van der Waals surface area contributed by atoms with Gasteiger partial charge in [-0.1, -0.05) is 87.0 Å². The van der Waals surface area contributed by atoms with E-state index in [2.05, 4.69) is 75.8 Å². The van der Waals surface area contributed by atoms with E-state index in [0.717, 1.165) is 21.8 Å². The summed E-state index contributed by atoms with van der Waals surface area (Å²) in [6, 6.07) is 9.64. The van der Waals surface area contributed by atoms with Crippen LogP contribution < -0.4 is 76.1 Å². The third-order valence-corrected chi connectivity index (χ3v) is 16.2. The van der Waals surface area contributed by atoms with Gasteiger partial charge in [0.15, 0.2) is 0 Å². The van der Waals surface area contributed by atoms with Crippen LogP contribution in [0.15, 0.2) is 91.3 Å². The van der Waals surface area contributed by atoms with Crippen molar-refractivity contribution in [3.05, 3.63) is 108 Å². The third-order valence-electron chi connectivity index (χ3n) is 15.9. The van der Waals surface area contributed by atoms with E-state index >= 15 is 0 Å². The van der Waals surface area contributed by atoms with Crippen molar-refractivity contribution in [3.63, 3.8) is 0 Å². The van der Waals surface area contributed by atoms with Crippen LogP contribution in [0, 0.1) is 5.92 Å². The molecule has 0 aliphatic carbocycles. The molecule has 95 heavy (non-hydrogen) atoms. The molecule has 1 unspecified atom stereocenters. The number of primary amides is 2. The molecule has 21 N–H and O–H groups in total. The van der Waals surface area contributed by atoms with Crippen molar-refractivity contribution < 1.29 is 67.4 Å². The van der Waals surface area contributed by atoms with E-state index in [4.69, 9.17) is 22.9 Å². The molecule has 2 heterocycles. The Kier molecular flexibility index (Phi) is 30.1. The average molecular weight is 1340 g/mol. The number of para-hydroxylation sites is 2. The molecule has 30 nitrogen and oxygen atoms in total. The largest absolute Gasteiger partial charge is 0.481 e. The van der Waals surface area contributed by atoms with E-state index < -0.39 is 175 Å². The number of thiol groups is 1. The van der Waals surface area contributed by atoms with Gasteiger partial charge in [0, 0.05) is 65.6 Å². The predicted molar refractivity (Wildman–Crippen MR) is 355 cm³/mol. The van der Waals surface area contributed by atoms with Gasteiger partial charge in [-0.3, -0.25) is 62.3 Å². The number of hydrogen-bond acceptors (Lipinski definition) is 16. The fourth-order valence-corrected chi connectivity index (χ4v) is 10.4. The Balaban J connectivity index is 1.29. The van der Waals surface area contributed by atoms with Crippen molar-refractivity contribution in [2.45, 2.75) is 159 Å². The molecule has 514 valence electrons. The maximum atomic E-state index is 14.7. The highest BCUT2D eigenvalue weighted by molar-refractivity contribution is 7.80. The van der Waals surface area contributed by atoms with Crippen LogP contribution in [0.2, 0.25) is 0 Å². The Hall–Kier alpha value is -9.88. The number of aromatic amines is 2. The number of carbonyl (C=O) groups excluding carboxylic acids is 12. The molecule has 0 saturated heterocycles. The topological polar surface area (TPSA) is 498 Å². The molecule has 12 amide bonds. The molecule has 0 spiro atoms. The lowest BCUT2D eigenvalue weighted by Crippen LogP contribution is -2.60. The monoisotopic (exact) mass is 1340 g/mol. The Morgan fingerprint density at radius 2 is 0.968 bits per heavy atom. The number of carbonyl (C=O) groups is 13. The number of nitrogens with two attached hydrogens (primary N) is 4. The molecule has 31 heteroatoms. The highest BCUT2D eigenvalue weighted by atomic mass is 32.1. The summed E-state index contributed by atoms with van der Waals surface area (Å²) < 4.78 is 0. The SMILES string of the molecule is CCC(C)[C@H](NC(=O)[C@H](CCCCN)NC(=O)[C@H](CCC(N)=O)NC(=O)[C@H](CCC(=O)O)NC(=O)[C@@H](N)Cc1ccccc1)C(=O)NCC(=O)N[C@@H](C)C(=O)N[C@@H](Cc1c[nH]c2ccccc12)C(=O)N[C@@H](Cc1c[nH]c2ccccc12)C(=O)N[C@@H](CS)C(=O)N[C@@H](C)C(N)=O. The lowest BCUT2D eigenvalue weighted by molar-refractivity contribution is -0.138. The first-order valence-electron chi connectivity index (χ1n) is 31.2. The number of amides is 12. The number of hydrogen-bond donors (Lipinski definition) is 18. The number of nitrogens with one attached hydrogen (secondary N) is 12. The number of aliphatic carboxylic acids is 1.